The van der Waals surface area contributed by atoms with Gasteiger partial charge < -0.3 is 5.11 Å². The standard InChI is InChI=1S/C39H28Cl2F4N4O5/c40-23-9-7-21(8-10-23)38-27(35(52)49(37(38)54)47-33-28(41)15-22(17-46-33)39(43,44)45)16-26-24(32(38)20-6-13-30(50)29(42)14-20)11-12-25-31(26)36(53)48(34(25)51)18-19-4-2-1-3-5-19/h1-11,13-15,17,25-27,31-32,50H,12,16,18H2,(H,46,47)/t25-,26+,27-,31-,32-,38+/m0/s1. The van der Waals surface area contributed by atoms with Crippen LogP contribution in [0.4, 0.5) is 23.4 Å². The number of aromatic nitrogens is 1. The van der Waals surface area contributed by atoms with Crippen molar-refractivity contribution in [2.45, 2.75) is 36.9 Å². The van der Waals surface area contributed by atoms with Crippen LogP contribution >= 0.6 is 23.2 Å². The van der Waals surface area contributed by atoms with Gasteiger partial charge in [0.1, 0.15) is 0 Å². The van der Waals surface area contributed by atoms with Crippen molar-refractivity contribution in [3.63, 3.8) is 0 Å². The third kappa shape index (κ3) is 5.46. The highest BCUT2D eigenvalue weighted by molar-refractivity contribution is 6.33. The zero-order valence-electron chi connectivity index (χ0n) is 27.9. The molecule has 1 saturated carbocycles. The van der Waals surface area contributed by atoms with Crippen molar-refractivity contribution in [2.24, 2.45) is 23.7 Å². The van der Waals surface area contributed by atoms with Crippen molar-refractivity contribution in [2.75, 3.05) is 5.43 Å². The van der Waals surface area contributed by atoms with Crippen LogP contribution in [0.15, 0.2) is 96.7 Å². The number of nitrogens with zero attached hydrogens (tertiary/aromatic N) is 3. The first kappa shape index (κ1) is 35.7. The number of amides is 4. The number of aromatic hydroxyl groups is 1. The molecule has 2 aliphatic heterocycles. The highest BCUT2D eigenvalue weighted by atomic mass is 35.5. The first-order valence-corrected chi connectivity index (χ1v) is 17.7. The Morgan fingerprint density at radius 1 is 0.907 bits per heavy atom. The minimum absolute atomic E-state index is 0.0360. The second-order valence-corrected chi connectivity index (χ2v) is 14.7. The molecule has 0 spiro atoms. The van der Waals surface area contributed by atoms with Gasteiger partial charge in [-0.05, 0) is 65.8 Å². The van der Waals surface area contributed by atoms with Crippen LogP contribution < -0.4 is 5.43 Å². The van der Waals surface area contributed by atoms with Crippen LogP contribution in [0.25, 0.3) is 0 Å². The molecule has 54 heavy (non-hydrogen) atoms. The zero-order chi connectivity index (χ0) is 38.3. The molecule has 2 aliphatic carbocycles. The fourth-order valence-corrected chi connectivity index (χ4v) is 9.18. The molecule has 8 rings (SSSR count). The number of pyridine rings is 1. The third-order valence-corrected chi connectivity index (χ3v) is 11.7. The van der Waals surface area contributed by atoms with Gasteiger partial charge in [-0.1, -0.05) is 83.4 Å². The molecule has 4 amide bonds. The number of phenols is 1. The molecular weight excluding hydrogens is 751 g/mol. The van der Waals surface area contributed by atoms with Crippen LogP contribution in [0.1, 0.15) is 41.0 Å². The summed E-state index contributed by atoms with van der Waals surface area (Å²) in [4.78, 5) is 63.0. The molecule has 9 nitrogen and oxygen atoms in total. The van der Waals surface area contributed by atoms with Crippen molar-refractivity contribution < 1.29 is 41.8 Å². The summed E-state index contributed by atoms with van der Waals surface area (Å²) in [5.41, 5.74) is 1.34. The Bertz CT molecular complexity index is 2270. The Hall–Kier alpha value is -5.27. The zero-order valence-corrected chi connectivity index (χ0v) is 29.4. The lowest BCUT2D eigenvalue weighted by Gasteiger charge is -2.50. The molecule has 2 saturated heterocycles. The first-order valence-electron chi connectivity index (χ1n) is 16.9. The van der Waals surface area contributed by atoms with Crippen molar-refractivity contribution >= 4 is 52.6 Å². The summed E-state index contributed by atoms with van der Waals surface area (Å²) in [5, 5.41) is 10.6. The number of phenolic OH excluding ortho intramolecular Hbond substituents is 1. The largest absolute Gasteiger partial charge is 0.505 e. The van der Waals surface area contributed by atoms with E-state index in [4.69, 9.17) is 23.2 Å². The molecule has 276 valence electrons. The minimum Gasteiger partial charge on any atom is -0.505 e. The summed E-state index contributed by atoms with van der Waals surface area (Å²) < 4.78 is 55.6. The smallest absolute Gasteiger partial charge is 0.417 e. The van der Waals surface area contributed by atoms with Crippen molar-refractivity contribution in [1.29, 1.82) is 0 Å². The normalized spacial score (nSPS) is 26.4. The molecule has 4 aromatic rings. The number of fused-ring (bicyclic) bond motifs is 4. The van der Waals surface area contributed by atoms with E-state index in [-0.39, 0.29) is 30.9 Å². The lowest BCUT2D eigenvalue weighted by molar-refractivity contribution is -0.142. The molecule has 3 aromatic carbocycles. The van der Waals surface area contributed by atoms with Crippen molar-refractivity contribution in [3.8, 4) is 5.75 Å². The number of rotatable bonds is 6. The van der Waals surface area contributed by atoms with Crippen LogP contribution in [-0.4, -0.2) is 43.6 Å². The highest BCUT2D eigenvalue weighted by Gasteiger charge is 2.70. The topological polar surface area (TPSA) is 120 Å². The molecular formula is C39H28Cl2F4N4O5. The maximum absolute atomic E-state index is 15.3. The number of imide groups is 2. The average molecular weight is 780 g/mol. The summed E-state index contributed by atoms with van der Waals surface area (Å²) in [7, 11) is 0. The van der Waals surface area contributed by atoms with Gasteiger partial charge in [-0.15, -0.1) is 0 Å². The van der Waals surface area contributed by atoms with Gasteiger partial charge in [0.05, 0.1) is 40.3 Å². The fourth-order valence-electron chi connectivity index (χ4n) is 8.85. The number of alkyl halides is 3. The number of halogens is 6. The Balaban J connectivity index is 1.29. The first-order chi connectivity index (χ1) is 25.7. The van der Waals surface area contributed by atoms with Crippen LogP contribution in [0, 0.1) is 29.5 Å². The highest BCUT2D eigenvalue weighted by Crippen LogP contribution is 2.64. The van der Waals surface area contributed by atoms with E-state index in [1.807, 2.05) is 6.07 Å². The summed E-state index contributed by atoms with van der Waals surface area (Å²) in [5.74, 6) is -9.37. The number of carbonyl (C=O) groups is 4. The Labute approximate surface area is 315 Å². The summed E-state index contributed by atoms with van der Waals surface area (Å²) in [6, 6.07) is 19.4. The SMILES string of the molecule is O=C1[C@H]2[C@H](CC=C3[C@H]2C[C@H]2C(=O)N(Nc4ncc(C(F)(F)F)cc4Cl)C(=O)[C@@]2(c2ccc(Cl)cc2)[C@H]3c2ccc(O)c(F)c2)C(=O)N1Cc1ccccc1. The van der Waals surface area contributed by atoms with Crippen molar-refractivity contribution in [3.05, 3.63) is 135 Å². The van der Waals surface area contributed by atoms with Gasteiger partial charge in [0.25, 0.3) is 11.8 Å². The van der Waals surface area contributed by atoms with Gasteiger partial charge in [0, 0.05) is 17.1 Å². The summed E-state index contributed by atoms with van der Waals surface area (Å²) in [6.45, 7) is 0.0360. The predicted octanol–water partition coefficient (Wildman–Crippen LogP) is 7.44. The predicted molar refractivity (Wildman–Crippen MR) is 187 cm³/mol. The van der Waals surface area contributed by atoms with Crippen LogP contribution in [0.3, 0.4) is 0 Å². The molecule has 1 aromatic heterocycles. The molecule has 6 atom stereocenters. The van der Waals surface area contributed by atoms with Crippen molar-refractivity contribution in [1.82, 2.24) is 14.9 Å². The molecule has 3 fully saturated rings. The van der Waals surface area contributed by atoms with Crippen LogP contribution in [-0.2, 0) is 37.3 Å². The number of nitrogens with one attached hydrogen (secondary N) is 1. The molecule has 3 heterocycles. The Morgan fingerprint density at radius 2 is 1.63 bits per heavy atom. The van der Waals surface area contributed by atoms with Crippen LogP contribution in [0.5, 0.6) is 5.75 Å². The van der Waals surface area contributed by atoms with Gasteiger partial charge in [0.15, 0.2) is 17.4 Å². The number of carbonyl (C=O) groups excluding carboxylic acids is 4. The Morgan fingerprint density at radius 3 is 2.30 bits per heavy atom. The molecule has 15 heteroatoms. The van der Waals surface area contributed by atoms with E-state index >= 15 is 9.18 Å². The van der Waals surface area contributed by atoms with E-state index in [9.17, 15) is 32.7 Å². The van der Waals surface area contributed by atoms with Gasteiger partial charge >= 0.3 is 6.18 Å². The molecule has 0 radical (unpaired) electrons. The van der Waals surface area contributed by atoms with E-state index < -0.39 is 86.9 Å². The number of anilines is 1. The summed E-state index contributed by atoms with van der Waals surface area (Å²) >= 11 is 12.5. The Kier molecular flexibility index (Phi) is 8.57. The monoisotopic (exact) mass is 778 g/mol. The number of benzene rings is 3. The van der Waals surface area contributed by atoms with E-state index in [0.717, 1.165) is 17.7 Å². The third-order valence-electron chi connectivity index (χ3n) is 11.1. The second-order valence-electron chi connectivity index (χ2n) is 13.9. The van der Waals surface area contributed by atoms with Gasteiger partial charge in [-0.25, -0.2) is 9.37 Å². The lowest BCUT2D eigenvalue weighted by atomic mass is 9.49. The summed E-state index contributed by atoms with van der Waals surface area (Å²) in [6.07, 6.45) is -2.45. The van der Waals surface area contributed by atoms with E-state index in [2.05, 4.69) is 10.4 Å². The van der Waals surface area contributed by atoms with Crippen LogP contribution in [0.2, 0.25) is 10.0 Å². The molecule has 4 aliphatic rings. The number of likely N-dealkylation sites (tertiary alicyclic amines) is 1. The number of allylic oxidation sites excluding steroid dienone is 2. The van der Waals surface area contributed by atoms with Gasteiger partial charge in [0.2, 0.25) is 11.8 Å². The van der Waals surface area contributed by atoms with Gasteiger partial charge in [-0.2, -0.15) is 18.2 Å². The lowest BCUT2D eigenvalue weighted by Crippen LogP contribution is -2.53. The second kappa shape index (κ2) is 12.9. The molecule has 0 unspecified atom stereocenters. The maximum Gasteiger partial charge on any atom is 0.417 e. The molecule has 0 bridgehead atoms. The van der Waals surface area contributed by atoms with E-state index in [0.29, 0.717) is 33.4 Å². The van der Waals surface area contributed by atoms with Gasteiger partial charge in [-0.3, -0.25) is 29.5 Å². The number of hydrazine groups is 1. The number of hydrogen-bond donors (Lipinski definition) is 2. The quantitative estimate of drug-likeness (QED) is 0.119. The molecule has 2 N–H and O–H groups in total. The van der Waals surface area contributed by atoms with E-state index in [1.165, 1.54) is 23.1 Å². The maximum atomic E-state index is 15.3. The fraction of sp³-hybridized carbons (Fsp3) is 0.256. The van der Waals surface area contributed by atoms with E-state index in [1.54, 1.807) is 42.5 Å². The minimum atomic E-state index is -4.77. The average Bonchev–Trinajstić information content (AvgIpc) is 3.51. The number of hydrogen-bond acceptors (Lipinski definition) is 7.